The van der Waals surface area contributed by atoms with Crippen LogP contribution in [0, 0.1) is 5.41 Å². The van der Waals surface area contributed by atoms with Crippen LogP contribution >= 0.6 is 0 Å². The summed E-state index contributed by atoms with van der Waals surface area (Å²) in [5.41, 5.74) is 11.5. The molecule has 0 heteroatoms. The summed E-state index contributed by atoms with van der Waals surface area (Å²) in [4.78, 5) is 0. The van der Waals surface area contributed by atoms with E-state index in [1.54, 1.807) is 0 Å². The van der Waals surface area contributed by atoms with Crippen molar-refractivity contribution < 1.29 is 0 Å². The predicted octanol–water partition coefficient (Wildman–Crippen LogP) is 7.96. The van der Waals surface area contributed by atoms with Gasteiger partial charge in [-0.05, 0) is 57.2 Å². The van der Waals surface area contributed by atoms with Gasteiger partial charge in [0.1, 0.15) is 0 Å². The van der Waals surface area contributed by atoms with Crippen LogP contribution in [-0.4, -0.2) is 0 Å². The van der Waals surface area contributed by atoms with E-state index in [0.717, 1.165) is 19.3 Å². The van der Waals surface area contributed by atoms with Gasteiger partial charge in [-0.15, -0.1) is 0 Å². The van der Waals surface area contributed by atoms with E-state index < -0.39 is 0 Å². The minimum Gasteiger partial charge on any atom is -0.0651 e. The first kappa shape index (κ1) is 18.7. The summed E-state index contributed by atoms with van der Waals surface area (Å²) in [6.07, 6.45) is 5.83. The maximum atomic E-state index is 2.48. The average molecular weight is 367 g/mol. The molecule has 142 valence electrons. The molecule has 0 unspecified atom stereocenters. The minimum atomic E-state index is 0.208. The summed E-state index contributed by atoms with van der Waals surface area (Å²) in [6, 6.07) is 24.4. The lowest BCUT2D eigenvalue weighted by atomic mass is 9.85. The number of aryl methyl sites for hydroxylation is 1. The Balaban J connectivity index is 1.97. The summed E-state index contributed by atoms with van der Waals surface area (Å²) >= 11 is 0. The van der Waals surface area contributed by atoms with Gasteiger partial charge in [-0.3, -0.25) is 0 Å². The molecule has 0 nitrogen and oxygen atoms in total. The van der Waals surface area contributed by atoms with Crippen molar-refractivity contribution in [2.75, 3.05) is 0 Å². The van der Waals surface area contributed by atoms with Gasteiger partial charge in [0.05, 0.1) is 0 Å². The second kappa shape index (κ2) is 7.43. The van der Waals surface area contributed by atoms with E-state index in [1.165, 1.54) is 44.5 Å². The van der Waals surface area contributed by atoms with E-state index in [1.807, 2.05) is 0 Å². The number of allylic oxidation sites excluding steroid dienone is 1. The van der Waals surface area contributed by atoms with Crippen molar-refractivity contribution in [3.05, 3.63) is 89.0 Å². The zero-order valence-electron chi connectivity index (χ0n) is 17.5. The van der Waals surface area contributed by atoms with Crippen LogP contribution in [0.25, 0.3) is 28.3 Å². The third kappa shape index (κ3) is 3.44. The molecule has 1 aliphatic carbocycles. The second-order valence-electron chi connectivity index (χ2n) is 8.93. The predicted molar refractivity (Wildman–Crippen MR) is 122 cm³/mol. The highest BCUT2D eigenvalue weighted by atomic mass is 14.3. The maximum absolute atomic E-state index is 2.48. The molecule has 3 aromatic rings. The van der Waals surface area contributed by atoms with Gasteiger partial charge in [0.25, 0.3) is 0 Å². The Hall–Kier alpha value is -2.60. The quantitative estimate of drug-likeness (QED) is 0.439. The first-order chi connectivity index (χ1) is 13.5. The fourth-order valence-corrected chi connectivity index (χ4v) is 4.31. The summed E-state index contributed by atoms with van der Waals surface area (Å²) in [5.74, 6) is 0. The molecule has 0 amide bonds. The van der Waals surface area contributed by atoms with Crippen LogP contribution < -0.4 is 0 Å². The molecule has 0 radical (unpaired) electrons. The lowest BCUT2D eigenvalue weighted by Crippen LogP contribution is -2.08. The van der Waals surface area contributed by atoms with Crippen LogP contribution in [0.15, 0.2) is 72.3 Å². The number of rotatable bonds is 4. The van der Waals surface area contributed by atoms with Gasteiger partial charge in [-0.1, -0.05) is 112 Å². The molecule has 0 atom stereocenters. The number of hydrogen-bond acceptors (Lipinski definition) is 0. The SMILES string of the molecule is CCCc1ccc2c(c1-c1ccccc1-c1ccccc1)C=C(C(C)(C)C)C2. The second-order valence-corrected chi connectivity index (χ2v) is 8.93. The minimum absolute atomic E-state index is 0.208. The third-order valence-corrected chi connectivity index (χ3v) is 5.89. The van der Waals surface area contributed by atoms with Crippen molar-refractivity contribution in [1.29, 1.82) is 0 Å². The smallest absolute Gasteiger partial charge is 0.00523 e. The van der Waals surface area contributed by atoms with Gasteiger partial charge in [0, 0.05) is 0 Å². The van der Waals surface area contributed by atoms with Crippen molar-refractivity contribution in [3.8, 4) is 22.3 Å². The maximum Gasteiger partial charge on any atom is -0.00523 e. The number of benzene rings is 3. The number of hydrogen-bond donors (Lipinski definition) is 0. The lowest BCUT2D eigenvalue weighted by Gasteiger charge is -2.19. The molecule has 0 spiro atoms. The molecular formula is C28H30. The highest BCUT2D eigenvalue weighted by molar-refractivity contribution is 5.91. The lowest BCUT2D eigenvalue weighted by molar-refractivity contribution is 0.498. The van der Waals surface area contributed by atoms with Crippen molar-refractivity contribution in [1.82, 2.24) is 0 Å². The van der Waals surface area contributed by atoms with Crippen LogP contribution in [0.4, 0.5) is 0 Å². The molecule has 0 N–H and O–H groups in total. The molecule has 0 aromatic heterocycles. The van der Waals surface area contributed by atoms with Crippen LogP contribution in [0.5, 0.6) is 0 Å². The Morgan fingerprint density at radius 1 is 0.786 bits per heavy atom. The van der Waals surface area contributed by atoms with Crippen LogP contribution in [0.1, 0.15) is 50.8 Å². The molecular weight excluding hydrogens is 336 g/mol. The van der Waals surface area contributed by atoms with E-state index >= 15 is 0 Å². The van der Waals surface area contributed by atoms with Crippen molar-refractivity contribution in [2.24, 2.45) is 5.41 Å². The van der Waals surface area contributed by atoms with Crippen molar-refractivity contribution in [2.45, 2.75) is 47.0 Å². The van der Waals surface area contributed by atoms with Gasteiger partial charge >= 0.3 is 0 Å². The molecule has 0 fully saturated rings. The number of fused-ring (bicyclic) bond motifs is 1. The summed E-state index contributed by atoms with van der Waals surface area (Å²) in [7, 11) is 0. The van der Waals surface area contributed by atoms with Gasteiger partial charge in [0.2, 0.25) is 0 Å². The first-order valence-corrected chi connectivity index (χ1v) is 10.5. The monoisotopic (exact) mass is 366 g/mol. The Bertz CT molecular complexity index is 1010. The largest absolute Gasteiger partial charge is 0.0651 e. The first-order valence-electron chi connectivity index (χ1n) is 10.5. The van der Waals surface area contributed by atoms with Gasteiger partial charge in [0.15, 0.2) is 0 Å². The average Bonchev–Trinajstić information content (AvgIpc) is 3.14. The van der Waals surface area contributed by atoms with Crippen LogP contribution in [-0.2, 0) is 12.8 Å². The van der Waals surface area contributed by atoms with Crippen molar-refractivity contribution >= 4 is 6.08 Å². The molecule has 0 saturated carbocycles. The van der Waals surface area contributed by atoms with Gasteiger partial charge in [-0.25, -0.2) is 0 Å². The van der Waals surface area contributed by atoms with Gasteiger partial charge < -0.3 is 0 Å². The van der Waals surface area contributed by atoms with Crippen LogP contribution in [0.2, 0.25) is 0 Å². The Kier molecular flexibility index (Phi) is 4.98. The summed E-state index contributed by atoms with van der Waals surface area (Å²) in [6.45, 7) is 9.26. The fourth-order valence-electron chi connectivity index (χ4n) is 4.31. The normalized spacial score (nSPS) is 13.4. The van der Waals surface area contributed by atoms with Crippen molar-refractivity contribution in [3.63, 3.8) is 0 Å². The molecule has 0 aliphatic heterocycles. The van der Waals surface area contributed by atoms with E-state index in [2.05, 4.69) is 101 Å². The molecule has 0 bridgehead atoms. The third-order valence-electron chi connectivity index (χ3n) is 5.89. The van der Waals surface area contributed by atoms with E-state index in [-0.39, 0.29) is 5.41 Å². The topological polar surface area (TPSA) is 0 Å². The Morgan fingerprint density at radius 2 is 1.46 bits per heavy atom. The Labute approximate surface area is 169 Å². The molecule has 0 heterocycles. The summed E-state index contributed by atoms with van der Waals surface area (Å²) in [5, 5.41) is 0. The van der Waals surface area contributed by atoms with E-state index in [0.29, 0.717) is 0 Å². The summed E-state index contributed by atoms with van der Waals surface area (Å²) < 4.78 is 0. The molecule has 4 rings (SSSR count). The highest BCUT2D eigenvalue weighted by Crippen LogP contribution is 2.44. The van der Waals surface area contributed by atoms with E-state index in [9.17, 15) is 0 Å². The van der Waals surface area contributed by atoms with E-state index in [4.69, 9.17) is 0 Å². The highest BCUT2D eigenvalue weighted by Gasteiger charge is 2.26. The molecule has 1 aliphatic rings. The Morgan fingerprint density at radius 3 is 2.14 bits per heavy atom. The van der Waals surface area contributed by atoms with Crippen LogP contribution in [0.3, 0.4) is 0 Å². The fraction of sp³-hybridized carbons (Fsp3) is 0.286. The standard InChI is InChI=1S/C28H30/c1-5-11-21-16-17-22-18-23(28(2,3)4)19-26(22)27(21)25-15-10-9-14-24(25)20-12-7-6-8-13-20/h6-10,12-17,19H,5,11,18H2,1-4H3. The van der Waals surface area contributed by atoms with Gasteiger partial charge in [-0.2, -0.15) is 0 Å². The zero-order chi connectivity index (χ0) is 19.7. The molecule has 0 saturated heterocycles. The molecule has 28 heavy (non-hydrogen) atoms. The molecule has 3 aromatic carbocycles. The zero-order valence-corrected chi connectivity index (χ0v) is 17.5.